The van der Waals surface area contributed by atoms with Crippen molar-refractivity contribution >= 4 is 22.9 Å². The first kappa shape index (κ1) is 12.3. The summed E-state index contributed by atoms with van der Waals surface area (Å²) >= 11 is 5.06. The van der Waals surface area contributed by atoms with Crippen molar-refractivity contribution < 1.29 is 4.74 Å². The van der Waals surface area contributed by atoms with Gasteiger partial charge in [-0.25, -0.2) is 0 Å². The van der Waals surface area contributed by atoms with Crippen LogP contribution in [0.2, 0.25) is 0 Å². The van der Waals surface area contributed by atoms with Crippen molar-refractivity contribution in [3.8, 4) is 0 Å². The number of rotatable bonds is 3. The number of nitrogens with two attached hydrogens (primary N) is 1. The number of anilines is 1. The van der Waals surface area contributed by atoms with Crippen molar-refractivity contribution in [1.29, 1.82) is 0 Å². The zero-order valence-corrected chi connectivity index (χ0v) is 10.8. The van der Waals surface area contributed by atoms with Crippen LogP contribution >= 0.6 is 12.2 Å². The van der Waals surface area contributed by atoms with Crippen LogP contribution in [0.15, 0.2) is 24.3 Å². The quantitative estimate of drug-likeness (QED) is 0.808. The lowest BCUT2D eigenvalue weighted by atomic mass is 9.94. The molecule has 3 N–H and O–H groups in total. The van der Waals surface area contributed by atoms with E-state index in [9.17, 15) is 0 Å². The average molecular weight is 250 g/mol. The van der Waals surface area contributed by atoms with Crippen LogP contribution in [0.1, 0.15) is 25.3 Å². The Balaban J connectivity index is 2.20. The molecule has 0 spiro atoms. The van der Waals surface area contributed by atoms with E-state index in [4.69, 9.17) is 22.7 Å². The van der Waals surface area contributed by atoms with Crippen molar-refractivity contribution in [2.24, 2.45) is 5.73 Å². The van der Waals surface area contributed by atoms with Gasteiger partial charge in [0.1, 0.15) is 4.99 Å². The van der Waals surface area contributed by atoms with Crippen LogP contribution < -0.4 is 11.1 Å². The van der Waals surface area contributed by atoms with Crippen LogP contribution in [-0.4, -0.2) is 23.7 Å². The van der Waals surface area contributed by atoms with Crippen molar-refractivity contribution in [2.45, 2.75) is 25.3 Å². The minimum absolute atomic E-state index is 0.0286. The van der Waals surface area contributed by atoms with Gasteiger partial charge in [0.15, 0.2) is 0 Å². The molecule has 1 saturated heterocycles. The smallest absolute Gasteiger partial charge is 0.106 e. The van der Waals surface area contributed by atoms with E-state index in [-0.39, 0.29) is 5.54 Å². The minimum Gasteiger partial charge on any atom is -0.389 e. The molecule has 2 rings (SSSR count). The highest BCUT2D eigenvalue weighted by Gasteiger charge is 2.27. The van der Waals surface area contributed by atoms with E-state index in [0.717, 1.165) is 37.3 Å². The zero-order chi connectivity index (χ0) is 12.3. The van der Waals surface area contributed by atoms with Crippen molar-refractivity contribution in [3.63, 3.8) is 0 Å². The Hall–Kier alpha value is -1.13. The van der Waals surface area contributed by atoms with Crippen LogP contribution in [0, 0.1) is 0 Å². The number of thiocarbonyl (C=S) groups is 1. The average Bonchev–Trinajstić information content (AvgIpc) is 2.29. The third-order valence-corrected chi connectivity index (χ3v) is 3.29. The summed E-state index contributed by atoms with van der Waals surface area (Å²) in [5.41, 5.74) is 7.59. The molecule has 17 heavy (non-hydrogen) atoms. The van der Waals surface area contributed by atoms with Crippen molar-refractivity contribution in [3.05, 3.63) is 29.8 Å². The lowest BCUT2D eigenvalue weighted by Crippen LogP contribution is -2.43. The Bertz CT molecular complexity index is 414. The van der Waals surface area contributed by atoms with Gasteiger partial charge >= 0.3 is 0 Å². The Kier molecular flexibility index (Phi) is 3.64. The van der Waals surface area contributed by atoms with E-state index >= 15 is 0 Å². The highest BCUT2D eigenvalue weighted by atomic mass is 32.1. The van der Waals surface area contributed by atoms with Crippen LogP contribution in [0.25, 0.3) is 0 Å². The maximum absolute atomic E-state index is 5.72. The predicted molar refractivity (Wildman–Crippen MR) is 74.4 cm³/mol. The summed E-state index contributed by atoms with van der Waals surface area (Å²) < 4.78 is 5.53. The summed E-state index contributed by atoms with van der Waals surface area (Å²) in [7, 11) is 0. The summed E-state index contributed by atoms with van der Waals surface area (Å²) in [6.07, 6.45) is 2.18. The first-order chi connectivity index (χ1) is 8.11. The van der Waals surface area contributed by atoms with Gasteiger partial charge in [-0.1, -0.05) is 24.4 Å². The normalized spacial score (nSPS) is 24.3. The van der Waals surface area contributed by atoms with E-state index in [1.165, 1.54) is 0 Å². The van der Waals surface area contributed by atoms with Gasteiger partial charge in [0, 0.05) is 17.9 Å². The maximum Gasteiger partial charge on any atom is 0.106 e. The molecule has 1 fully saturated rings. The third-order valence-electron chi connectivity index (χ3n) is 3.07. The molecule has 1 atom stereocenters. The first-order valence-electron chi connectivity index (χ1n) is 5.85. The molecular weight excluding hydrogens is 232 g/mol. The van der Waals surface area contributed by atoms with Gasteiger partial charge < -0.3 is 15.8 Å². The van der Waals surface area contributed by atoms with Gasteiger partial charge in [-0.3, -0.25) is 0 Å². The van der Waals surface area contributed by atoms with Gasteiger partial charge in [0.25, 0.3) is 0 Å². The fourth-order valence-electron chi connectivity index (χ4n) is 2.16. The van der Waals surface area contributed by atoms with Crippen molar-refractivity contribution in [2.75, 3.05) is 18.5 Å². The molecule has 1 heterocycles. The van der Waals surface area contributed by atoms with E-state index in [1.807, 2.05) is 24.3 Å². The molecule has 1 aliphatic rings. The summed E-state index contributed by atoms with van der Waals surface area (Å²) in [4.78, 5) is 0.424. The van der Waals surface area contributed by atoms with Crippen LogP contribution in [-0.2, 0) is 4.74 Å². The van der Waals surface area contributed by atoms with E-state index in [1.54, 1.807) is 0 Å². The summed E-state index contributed by atoms with van der Waals surface area (Å²) in [5.74, 6) is 0. The Labute approximate surface area is 107 Å². The Morgan fingerprint density at radius 2 is 2.24 bits per heavy atom. The van der Waals surface area contributed by atoms with Gasteiger partial charge in [0.2, 0.25) is 0 Å². The second-order valence-corrected chi connectivity index (χ2v) is 5.19. The maximum atomic E-state index is 5.72. The van der Waals surface area contributed by atoms with Gasteiger partial charge in [-0.15, -0.1) is 0 Å². The number of hydrogen-bond donors (Lipinski definition) is 2. The van der Waals surface area contributed by atoms with Gasteiger partial charge in [-0.2, -0.15) is 0 Å². The van der Waals surface area contributed by atoms with E-state index in [2.05, 4.69) is 12.2 Å². The van der Waals surface area contributed by atoms with Gasteiger partial charge in [0.05, 0.1) is 12.1 Å². The number of nitrogens with one attached hydrogen (secondary N) is 1. The minimum atomic E-state index is -0.0286. The molecule has 1 aromatic carbocycles. The summed E-state index contributed by atoms with van der Waals surface area (Å²) in [5, 5.41) is 3.51. The molecule has 0 amide bonds. The predicted octanol–water partition coefficient (Wildman–Crippen LogP) is 2.30. The Morgan fingerprint density at radius 3 is 2.88 bits per heavy atom. The second kappa shape index (κ2) is 5.02. The van der Waals surface area contributed by atoms with Crippen molar-refractivity contribution in [1.82, 2.24) is 0 Å². The first-order valence-corrected chi connectivity index (χ1v) is 6.26. The highest BCUT2D eigenvalue weighted by molar-refractivity contribution is 7.80. The summed E-state index contributed by atoms with van der Waals surface area (Å²) in [6.45, 7) is 3.75. The Morgan fingerprint density at radius 1 is 1.47 bits per heavy atom. The highest BCUT2D eigenvalue weighted by Crippen LogP contribution is 2.26. The van der Waals surface area contributed by atoms with Crippen LogP contribution in [0.4, 0.5) is 5.69 Å². The molecule has 0 aliphatic carbocycles. The molecule has 0 bridgehead atoms. The van der Waals surface area contributed by atoms with Crippen LogP contribution in [0.3, 0.4) is 0 Å². The standard InChI is InChI=1S/C13H18N2OS/c1-13(7-4-8-16-9-13)15-11-6-3-2-5-10(11)12(14)17/h2-3,5-6,15H,4,7-9H2,1H3,(H2,14,17). The number of para-hydroxylation sites is 1. The number of hydrogen-bond acceptors (Lipinski definition) is 3. The largest absolute Gasteiger partial charge is 0.389 e. The molecule has 4 heteroatoms. The molecule has 0 radical (unpaired) electrons. The molecule has 1 aliphatic heterocycles. The third kappa shape index (κ3) is 2.96. The summed E-state index contributed by atoms with van der Waals surface area (Å²) in [6, 6.07) is 7.88. The molecule has 1 unspecified atom stereocenters. The lowest BCUT2D eigenvalue weighted by molar-refractivity contribution is 0.0540. The molecule has 0 saturated carbocycles. The van der Waals surface area contributed by atoms with E-state index in [0.29, 0.717) is 4.99 Å². The van der Waals surface area contributed by atoms with E-state index < -0.39 is 0 Å². The van der Waals surface area contributed by atoms with Gasteiger partial charge in [-0.05, 0) is 31.9 Å². The second-order valence-electron chi connectivity index (χ2n) is 4.75. The van der Waals surface area contributed by atoms with Crippen LogP contribution in [0.5, 0.6) is 0 Å². The molecule has 92 valence electrons. The fourth-order valence-corrected chi connectivity index (χ4v) is 2.34. The number of ether oxygens (including phenoxy) is 1. The fraction of sp³-hybridized carbons (Fsp3) is 0.462. The molecular formula is C13H18N2OS. The molecule has 0 aromatic heterocycles. The SMILES string of the molecule is CC1(Nc2ccccc2C(N)=S)CCCOC1. The number of benzene rings is 1. The lowest BCUT2D eigenvalue weighted by Gasteiger charge is -2.35. The topological polar surface area (TPSA) is 47.3 Å². The monoisotopic (exact) mass is 250 g/mol. The zero-order valence-electron chi connectivity index (χ0n) is 10.0. The molecule has 3 nitrogen and oxygen atoms in total. The molecule has 1 aromatic rings.